The summed E-state index contributed by atoms with van der Waals surface area (Å²) in [6.07, 6.45) is 2.48. The average Bonchev–Trinajstić information content (AvgIpc) is 3.98. The van der Waals surface area contributed by atoms with Crippen molar-refractivity contribution in [3.05, 3.63) is 47.3 Å². The fraction of sp³-hybridized carbons (Fsp3) is 0.487. The van der Waals surface area contributed by atoms with Crippen molar-refractivity contribution in [1.82, 2.24) is 25.1 Å². The number of amides is 1. The molecule has 2 aromatic heterocycles. The van der Waals surface area contributed by atoms with E-state index in [1.807, 2.05) is 11.0 Å². The highest BCUT2D eigenvalue weighted by atomic mass is 32.1. The van der Waals surface area contributed by atoms with Gasteiger partial charge in [-0.2, -0.15) is 15.2 Å². The number of hydrogen-bond acceptors (Lipinski definition) is 12. The van der Waals surface area contributed by atoms with Crippen LogP contribution in [0.2, 0.25) is 0 Å². The minimum atomic E-state index is -2.93. The summed E-state index contributed by atoms with van der Waals surface area (Å²) in [5.74, 6) is -5.88. The smallest absolute Gasteiger partial charge is 0.410 e. The average molecular weight is 811 g/mol. The van der Waals surface area contributed by atoms with Gasteiger partial charge in [0, 0.05) is 56.1 Å². The van der Waals surface area contributed by atoms with Crippen molar-refractivity contribution in [1.29, 1.82) is 5.26 Å². The Bertz CT molecular complexity index is 2380. The van der Waals surface area contributed by atoms with Gasteiger partial charge in [0.05, 0.1) is 40.4 Å². The number of thiophene rings is 1. The maximum absolute atomic E-state index is 17.3. The number of carbonyl (C=O) groups excluding carboxylic acids is 1. The van der Waals surface area contributed by atoms with Crippen LogP contribution >= 0.6 is 11.3 Å². The molecule has 300 valence electrons. The number of hydrogen-bond donors (Lipinski definition) is 2. The van der Waals surface area contributed by atoms with Gasteiger partial charge in [-0.3, -0.25) is 4.90 Å². The topological polar surface area (TPSA) is 142 Å². The molecule has 0 radical (unpaired) electrons. The number of benzene rings is 2. The summed E-state index contributed by atoms with van der Waals surface area (Å²) in [6.45, 7) is 5.02. The quantitative estimate of drug-likeness (QED) is 0.152. The second-order valence-electron chi connectivity index (χ2n) is 15.7. The van der Waals surface area contributed by atoms with E-state index in [1.165, 1.54) is 13.2 Å². The number of nitrogens with zero attached hydrogens (tertiary/aromatic N) is 6. The highest BCUT2D eigenvalue weighted by Gasteiger charge is 2.52. The van der Waals surface area contributed by atoms with Crippen molar-refractivity contribution in [3.63, 3.8) is 0 Å². The number of likely N-dealkylation sites (tertiary alicyclic amines) is 1. The van der Waals surface area contributed by atoms with Crippen LogP contribution in [0.15, 0.2) is 24.3 Å². The normalized spacial score (nSPS) is 25.4. The molecule has 1 amide bonds. The predicted molar refractivity (Wildman–Crippen MR) is 202 cm³/mol. The molecule has 0 aliphatic carbocycles. The monoisotopic (exact) mass is 810 g/mol. The highest BCUT2D eigenvalue weighted by molar-refractivity contribution is 7.23. The third-order valence-electron chi connectivity index (χ3n) is 12.1. The Kier molecular flexibility index (Phi) is 9.12. The van der Waals surface area contributed by atoms with Gasteiger partial charge in [-0.25, -0.2) is 26.7 Å². The lowest BCUT2D eigenvalue weighted by molar-refractivity contribution is 0.00767. The first-order chi connectivity index (χ1) is 27.3. The number of piperazine rings is 1. The van der Waals surface area contributed by atoms with E-state index in [2.05, 4.69) is 21.8 Å². The molecular formula is C39H39F5N8O4S. The molecule has 5 saturated heterocycles. The summed E-state index contributed by atoms with van der Waals surface area (Å²) in [4.78, 5) is 27.1. The fourth-order valence-electron chi connectivity index (χ4n) is 9.53. The maximum Gasteiger partial charge on any atom is 0.410 e. The zero-order chi connectivity index (χ0) is 40.0. The van der Waals surface area contributed by atoms with Crippen LogP contribution < -0.4 is 25.4 Å². The molecular weight excluding hydrogens is 772 g/mol. The van der Waals surface area contributed by atoms with Gasteiger partial charge in [-0.1, -0.05) is 18.2 Å². The molecule has 2 aromatic carbocycles. The number of nitriles is 1. The third-order valence-corrected chi connectivity index (χ3v) is 13.2. The molecule has 2 bridgehead atoms. The summed E-state index contributed by atoms with van der Waals surface area (Å²) in [6, 6.07) is 4.09. The second-order valence-corrected chi connectivity index (χ2v) is 16.8. The summed E-state index contributed by atoms with van der Waals surface area (Å²) in [5.41, 5.74) is 5.34. The van der Waals surface area contributed by atoms with Gasteiger partial charge in [0.2, 0.25) is 0 Å². The number of rotatable bonds is 8. The Morgan fingerprint density at radius 1 is 1.12 bits per heavy atom. The van der Waals surface area contributed by atoms with Crippen LogP contribution in [-0.4, -0.2) is 108 Å². The van der Waals surface area contributed by atoms with Crippen molar-refractivity contribution in [3.8, 4) is 29.0 Å². The van der Waals surface area contributed by atoms with Crippen molar-refractivity contribution < 1.29 is 41.0 Å². The maximum atomic E-state index is 17.3. The molecule has 9 rings (SSSR count). The molecule has 12 nitrogen and oxygen atoms in total. The van der Waals surface area contributed by atoms with Crippen molar-refractivity contribution in [2.45, 2.75) is 68.1 Å². The molecule has 5 fully saturated rings. The standard InChI is InChI=1S/C39H39F5N8O4S/c1-19-11-38(8-7-22(52(38)13-19)16-55-37(53)50-10-9-39(43,44)17-50)18-56-36-48-31-28(35(49-36)51-14-20-3-4-21(15-51)47-20)32(54-2)30(42)27(29(31)41)23-5-6-25(40)33-26(23)24(12-45)34(46)57-33/h5-6,20-22,47H,1,3-4,7-11,13-18,46H2,2H3/t20?,21?,22-,38?/m0/s1. The number of halogens is 5. The van der Waals surface area contributed by atoms with E-state index >= 15 is 13.2 Å². The van der Waals surface area contributed by atoms with E-state index < -0.39 is 53.5 Å². The predicted octanol–water partition coefficient (Wildman–Crippen LogP) is 6.35. The number of nitrogens with two attached hydrogens (primary N) is 1. The van der Waals surface area contributed by atoms with Crippen LogP contribution in [0.4, 0.5) is 37.6 Å². The fourth-order valence-corrected chi connectivity index (χ4v) is 10.5. The molecule has 7 heterocycles. The molecule has 5 aliphatic rings. The van der Waals surface area contributed by atoms with Crippen LogP contribution in [0.3, 0.4) is 0 Å². The number of methoxy groups -OCH3 is 1. The SMILES string of the molecule is C=C1CN2[C@H](COC(=O)N3CCC(F)(F)C3)CCC2(COc2nc(N3CC4CCC(C3)N4)c3c(OC)c(F)c(-c4ccc(F)c5sc(N)c(C#N)c45)c(F)c3n2)C1. The lowest BCUT2D eigenvalue weighted by Crippen LogP contribution is -2.51. The van der Waals surface area contributed by atoms with E-state index in [-0.39, 0.29) is 92.6 Å². The summed E-state index contributed by atoms with van der Waals surface area (Å²) in [5, 5.41) is 13.5. The molecule has 57 heavy (non-hydrogen) atoms. The van der Waals surface area contributed by atoms with Crippen molar-refractivity contribution >= 4 is 49.2 Å². The Hall–Kier alpha value is -4.99. The van der Waals surface area contributed by atoms with Gasteiger partial charge in [-0.15, -0.1) is 11.3 Å². The minimum Gasteiger partial charge on any atom is -0.493 e. The first-order valence-electron chi connectivity index (χ1n) is 18.8. The van der Waals surface area contributed by atoms with Gasteiger partial charge in [0.1, 0.15) is 41.4 Å². The van der Waals surface area contributed by atoms with Gasteiger partial charge < -0.3 is 35.1 Å². The lowest BCUT2D eigenvalue weighted by Gasteiger charge is -2.35. The van der Waals surface area contributed by atoms with Gasteiger partial charge >= 0.3 is 12.1 Å². The molecule has 3 N–H and O–H groups in total. The van der Waals surface area contributed by atoms with E-state index in [0.717, 1.165) is 40.7 Å². The molecule has 3 unspecified atom stereocenters. The number of fused-ring (bicyclic) bond motifs is 5. The molecule has 5 aliphatic heterocycles. The Morgan fingerprint density at radius 3 is 2.60 bits per heavy atom. The third kappa shape index (κ3) is 6.25. The summed E-state index contributed by atoms with van der Waals surface area (Å²) >= 11 is 0.812. The Balaban J connectivity index is 1.09. The second kappa shape index (κ2) is 13.8. The van der Waals surface area contributed by atoms with Crippen LogP contribution in [-0.2, 0) is 4.74 Å². The van der Waals surface area contributed by atoms with E-state index in [4.69, 9.17) is 24.9 Å². The van der Waals surface area contributed by atoms with Crippen LogP contribution in [0.25, 0.3) is 32.1 Å². The van der Waals surface area contributed by atoms with E-state index in [1.54, 1.807) is 0 Å². The Labute approximate surface area is 327 Å². The number of ether oxygens (including phenoxy) is 3. The van der Waals surface area contributed by atoms with Crippen molar-refractivity contribution in [2.24, 2.45) is 0 Å². The van der Waals surface area contributed by atoms with Crippen LogP contribution in [0, 0.1) is 28.8 Å². The molecule has 4 atom stereocenters. The highest BCUT2D eigenvalue weighted by Crippen LogP contribution is 2.49. The van der Waals surface area contributed by atoms with Crippen molar-refractivity contribution in [2.75, 3.05) is 63.7 Å². The number of aromatic nitrogens is 2. The first kappa shape index (κ1) is 37.6. The summed E-state index contributed by atoms with van der Waals surface area (Å²) < 4.78 is 94.3. The number of nitrogen functional groups attached to an aromatic ring is 1. The van der Waals surface area contributed by atoms with Crippen LogP contribution in [0.1, 0.15) is 44.1 Å². The number of carbonyl (C=O) groups is 1. The Morgan fingerprint density at radius 2 is 1.89 bits per heavy atom. The number of alkyl halides is 2. The van der Waals surface area contributed by atoms with E-state index in [9.17, 15) is 18.8 Å². The zero-order valence-electron chi connectivity index (χ0n) is 31.0. The molecule has 4 aromatic rings. The lowest BCUT2D eigenvalue weighted by atomic mass is 9.94. The first-order valence-corrected chi connectivity index (χ1v) is 19.7. The minimum absolute atomic E-state index is 0.00106. The number of anilines is 2. The molecule has 0 saturated carbocycles. The van der Waals surface area contributed by atoms with Gasteiger partial charge in [-0.05, 0) is 43.7 Å². The van der Waals surface area contributed by atoms with Gasteiger partial charge in [0.15, 0.2) is 17.4 Å². The largest absolute Gasteiger partial charge is 0.493 e. The van der Waals surface area contributed by atoms with E-state index in [0.29, 0.717) is 38.9 Å². The summed E-state index contributed by atoms with van der Waals surface area (Å²) in [7, 11) is 1.26. The number of nitrogens with one attached hydrogen (secondary N) is 1. The molecule has 0 spiro atoms. The zero-order valence-corrected chi connectivity index (χ0v) is 31.8. The van der Waals surface area contributed by atoms with Gasteiger partial charge in [0.25, 0.3) is 5.92 Å². The molecule has 18 heteroatoms. The van der Waals surface area contributed by atoms with Crippen LogP contribution in [0.5, 0.6) is 11.8 Å².